The lowest BCUT2D eigenvalue weighted by molar-refractivity contribution is -0.131. The lowest BCUT2D eigenvalue weighted by Gasteiger charge is -2.38. The van der Waals surface area contributed by atoms with Crippen LogP contribution in [0.2, 0.25) is 0 Å². The fourth-order valence-electron chi connectivity index (χ4n) is 3.74. The van der Waals surface area contributed by atoms with E-state index in [-0.39, 0.29) is 17.9 Å². The van der Waals surface area contributed by atoms with E-state index in [1.807, 2.05) is 18.0 Å². The third-order valence-electron chi connectivity index (χ3n) is 5.36. The van der Waals surface area contributed by atoms with Gasteiger partial charge in [-0.25, -0.2) is 0 Å². The summed E-state index contributed by atoms with van der Waals surface area (Å²) in [5.74, 6) is 0.170. The van der Waals surface area contributed by atoms with Crippen molar-refractivity contribution in [1.29, 1.82) is 0 Å². The number of hydrogen-bond acceptors (Lipinski definition) is 5. The van der Waals surface area contributed by atoms with Gasteiger partial charge in [-0.1, -0.05) is 0 Å². The number of piperazine rings is 1. The van der Waals surface area contributed by atoms with Crippen LogP contribution >= 0.6 is 0 Å². The summed E-state index contributed by atoms with van der Waals surface area (Å²) in [6.07, 6.45) is 2.29. The number of hydrogen-bond donors (Lipinski definition) is 1. The molecule has 1 N–H and O–H groups in total. The van der Waals surface area contributed by atoms with Gasteiger partial charge in [0.15, 0.2) is 0 Å². The molecule has 0 spiro atoms. The topological polar surface area (TPSA) is 81.9 Å². The number of likely N-dealkylation sites (tertiary alicyclic amines) is 1. The number of aliphatic hydroxyl groups is 1. The fraction of sp³-hybridized carbons (Fsp3) is 0.706. The molecule has 2 atom stereocenters. The van der Waals surface area contributed by atoms with Crippen molar-refractivity contribution in [2.45, 2.75) is 31.9 Å². The van der Waals surface area contributed by atoms with E-state index in [0.717, 1.165) is 18.8 Å². The highest BCUT2D eigenvalue weighted by molar-refractivity contribution is 5.77. The normalized spacial score (nSPS) is 24.8. The first kappa shape index (κ1) is 17.9. The number of aromatic nitrogens is 2. The molecule has 2 fully saturated rings. The van der Waals surface area contributed by atoms with Gasteiger partial charge in [0.1, 0.15) is 0 Å². The van der Waals surface area contributed by atoms with Gasteiger partial charge >= 0.3 is 0 Å². The standard InChI is InChI=1S/C17H27N5O3/c1-13(23)20-7-9-21(10-8-20)15-11-22(12-16(15)24)17(25)4-3-14-5-6-18-19(14)2/h5-6,15-16,24H,3-4,7-12H2,1-2H3/t15-,16-/m1/s1. The Morgan fingerprint density at radius 1 is 1.20 bits per heavy atom. The first-order chi connectivity index (χ1) is 12.0. The number of aliphatic hydroxyl groups excluding tert-OH is 1. The van der Waals surface area contributed by atoms with Crippen molar-refractivity contribution in [1.82, 2.24) is 24.5 Å². The zero-order valence-electron chi connectivity index (χ0n) is 15.0. The molecule has 138 valence electrons. The van der Waals surface area contributed by atoms with Gasteiger partial charge in [0, 0.05) is 71.6 Å². The van der Waals surface area contributed by atoms with E-state index < -0.39 is 6.10 Å². The van der Waals surface area contributed by atoms with Crippen LogP contribution in [0.25, 0.3) is 0 Å². The van der Waals surface area contributed by atoms with E-state index in [4.69, 9.17) is 0 Å². The van der Waals surface area contributed by atoms with Gasteiger partial charge in [-0.3, -0.25) is 19.2 Å². The molecule has 2 aliphatic rings. The highest BCUT2D eigenvalue weighted by Crippen LogP contribution is 2.19. The number of carbonyl (C=O) groups excluding carboxylic acids is 2. The first-order valence-electron chi connectivity index (χ1n) is 8.88. The van der Waals surface area contributed by atoms with Gasteiger partial charge in [0.2, 0.25) is 11.8 Å². The lowest BCUT2D eigenvalue weighted by atomic mass is 10.1. The van der Waals surface area contributed by atoms with Gasteiger partial charge in [0.05, 0.1) is 12.1 Å². The van der Waals surface area contributed by atoms with E-state index in [1.54, 1.807) is 22.7 Å². The Bertz CT molecular complexity index is 624. The van der Waals surface area contributed by atoms with E-state index in [2.05, 4.69) is 10.00 Å². The maximum atomic E-state index is 12.5. The second-order valence-corrected chi connectivity index (χ2v) is 6.92. The zero-order chi connectivity index (χ0) is 18.0. The Kier molecular flexibility index (Phi) is 5.39. The molecule has 8 heteroatoms. The van der Waals surface area contributed by atoms with E-state index in [0.29, 0.717) is 39.0 Å². The molecule has 2 aliphatic heterocycles. The third-order valence-corrected chi connectivity index (χ3v) is 5.36. The molecule has 0 saturated carbocycles. The van der Waals surface area contributed by atoms with E-state index in [1.165, 1.54) is 0 Å². The molecule has 1 aromatic heterocycles. The Morgan fingerprint density at radius 3 is 2.52 bits per heavy atom. The van der Waals surface area contributed by atoms with Crippen LogP contribution in [0.1, 0.15) is 19.0 Å². The van der Waals surface area contributed by atoms with Gasteiger partial charge in [-0.15, -0.1) is 0 Å². The van der Waals surface area contributed by atoms with Gasteiger partial charge < -0.3 is 14.9 Å². The minimum absolute atomic E-state index is 0.0326. The van der Waals surface area contributed by atoms with Gasteiger partial charge in [-0.05, 0) is 12.5 Å². The second kappa shape index (κ2) is 7.53. The monoisotopic (exact) mass is 349 g/mol. The minimum Gasteiger partial charge on any atom is -0.390 e. The Labute approximate surface area is 148 Å². The summed E-state index contributed by atoms with van der Waals surface area (Å²) in [6, 6.07) is 1.89. The Balaban J connectivity index is 1.50. The summed E-state index contributed by atoms with van der Waals surface area (Å²) in [7, 11) is 1.87. The quantitative estimate of drug-likeness (QED) is 0.761. The molecular weight excluding hydrogens is 322 g/mol. The minimum atomic E-state index is -0.524. The summed E-state index contributed by atoms with van der Waals surface area (Å²) >= 11 is 0. The van der Waals surface area contributed by atoms with Crippen molar-refractivity contribution in [3.8, 4) is 0 Å². The smallest absolute Gasteiger partial charge is 0.223 e. The molecule has 2 amide bonds. The maximum absolute atomic E-state index is 12.5. The number of carbonyl (C=O) groups is 2. The summed E-state index contributed by atoms with van der Waals surface area (Å²) in [4.78, 5) is 29.7. The highest BCUT2D eigenvalue weighted by Gasteiger charge is 2.38. The second-order valence-electron chi connectivity index (χ2n) is 6.92. The summed E-state index contributed by atoms with van der Waals surface area (Å²) in [6.45, 7) is 5.41. The molecule has 3 heterocycles. The number of nitrogens with zero attached hydrogens (tertiary/aromatic N) is 5. The highest BCUT2D eigenvalue weighted by atomic mass is 16.3. The zero-order valence-corrected chi connectivity index (χ0v) is 15.0. The van der Waals surface area contributed by atoms with Gasteiger partial charge in [-0.2, -0.15) is 5.10 Å². The summed E-state index contributed by atoms with van der Waals surface area (Å²) < 4.78 is 1.78. The molecule has 0 radical (unpaired) electrons. The summed E-state index contributed by atoms with van der Waals surface area (Å²) in [5.41, 5.74) is 1.03. The fourth-order valence-corrected chi connectivity index (χ4v) is 3.74. The van der Waals surface area contributed by atoms with Crippen LogP contribution < -0.4 is 0 Å². The van der Waals surface area contributed by atoms with Crippen molar-refractivity contribution in [2.24, 2.45) is 7.05 Å². The molecule has 25 heavy (non-hydrogen) atoms. The van der Waals surface area contributed by atoms with Crippen LogP contribution in [0, 0.1) is 0 Å². The average molecular weight is 349 g/mol. The molecule has 1 aromatic rings. The predicted octanol–water partition coefficient (Wildman–Crippen LogP) is -0.911. The molecule has 0 bridgehead atoms. The van der Waals surface area contributed by atoms with Crippen LogP contribution in [-0.4, -0.2) is 92.8 Å². The van der Waals surface area contributed by atoms with Crippen LogP contribution in [-0.2, 0) is 23.1 Å². The maximum Gasteiger partial charge on any atom is 0.223 e. The van der Waals surface area contributed by atoms with Crippen LogP contribution in [0.3, 0.4) is 0 Å². The van der Waals surface area contributed by atoms with Crippen LogP contribution in [0.15, 0.2) is 12.3 Å². The molecule has 2 saturated heterocycles. The molecule has 0 aliphatic carbocycles. The SMILES string of the molecule is CC(=O)N1CCN([C@@H]2CN(C(=O)CCc3ccnn3C)C[C@H]2O)CC1. The molecule has 3 rings (SSSR count). The largest absolute Gasteiger partial charge is 0.390 e. The third kappa shape index (κ3) is 4.01. The van der Waals surface area contributed by atoms with E-state index in [9.17, 15) is 14.7 Å². The number of β-amino-alcohol motifs (C(OH)–C–C–N with tert-alkyl or cyclic N) is 1. The molecule has 0 unspecified atom stereocenters. The Hall–Kier alpha value is -1.93. The van der Waals surface area contributed by atoms with Crippen LogP contribution in [0.4, 0.5) is 0 Å². The number of amides is 2. The van der Waals surface area contributed by atoms with Crippen molar-refractivity contribution in [2.75, 3.05) is 39.3 Å². The van der Waals surface area contributed by atoms with Crippen LogP contribution in [0.5, 0.6) is 0 Å². The summed E-state index contributed by atoms with van der Waals surface area (Å²) in [5, 5.41) is 14.5. The van der Waals surface area contributed by atoms with Crippen molar-refractivity contribution >= 4 is 11.8 Å². The molecular formula is C17H27N5O3. The van der Waals surface area contributed by atoms with Gasteiger partial charge in [0.25, 0.3) is 0 Å². The van der Waals surface area contributed by atoms with Crippen molar-refractivity contribution in [3.63, 3.8) is 0 Å². The Morgan fingerprint density at radius 2 is 1.92 bits per heavy atom. The average Bonchev–Trinajstić information content (AvgIpc) is 3.18. The number of rotatable bonds is 4. The van der Waals surface area contributed by atoms with Crippen molar-refractivity contribution < 1.29 is 14.7 Å². The lowest BCUT2D eigenvalue weighted by Crippen LogP contribution is -2.54. The van der Waals surface area contributed by atoms with Crippen molar-refractivity contribution in [3.05, 3.63) is 18.0 Å². The molecule has 8 nitrogen and oxygen atoms in total. The number of aryl methyl sites for hydroxylation is 2. The van der Waals surface area contributed by atoms with E-state index >= 15 is 0 Å². The first-order valence-corrected chi connectivity index (χ1v) is 8.88. The molecule has 0 aromatic carbocycles. The predicted molar refractivity (Wildman–Crippen MR) is 91.7 cm³/mol.